The summed E-state index contributed by atoms with van der Waals surface area (Å²) in [7, 11) is 0. The first-order chi connectivity index (χ1) is 39.2. The third-order valence-corrected chi connectivity index (χ3v) is 14.5. The number of aromatic nitrogens is 8. The molecule has 12 heteroatoms. The van der Waals surface area contributed by atoms with Crippen molar-refractivity contribution in [2.24, 2.45) is 0 Å². The molecule has 0 aliphatic heterocycles. The molecule has 0 fully saturated rings. The van der Waals surface area contributed by atoms with Crippen LogP contribution in [0.2, 0.25) is 0 Å². The number of hydrogen-bond acceptors (Lipinski definition) is 7. The largest absolute Gasteiger partial charge is 0.416 e. The molecule has 0 atom stereocenters. The summed E-state index contributed by atoms with van der Waals surface area (Å²) in [5.41, 5.74) is 8.79. The van der Waals surface area contributed by atoms with E-state index in [1.807, 2.05) is 228 Å². The highest BCUT2D eigenvalue weighted by molar-refractivity contribution is 6.12. The molecule has 14 aromatic rings. The molecule has 0 unspecified atom stereocenters. The Morgan fingerprint density at radius 1 is 0.300 bits per heavy atom. The van der Waals surface area contributed by atoms with E-state index in [1.54, 1.807) is 6.07 Å². The molecule has 14 rings (SSSR count). The Morgan fingerprint density at radius 2 is 0.637 bits per heavy atom. The fourth-order valence-corrected chi connectivity index (χ4v) is 10.7. The first-order valence-electron chi connectivity index (χ1n) is 25.8. The molecule has 0 radical (unpaired) electrons. The van der Waals surface area contributed by atoms with Crippen LogP contribution in [0.1, 0.15) is 11.1 Å². The van der Waals surface area contributed by atoms with Crippen molar-refractivity contribution in [3.05, 3.63) is 254 Å². The summed E-state index contributed by atoms with van der Waals surface area (Å²) in [6, 6.07) is 78.5. The minimum atomic E-state index is -4.62. The van der Waals surface area contributed by atoms with Crippen molar-refractivity contribution in [2.45, 2.75) is 6.18 Å². The number of nitriles is 1. The molecule has 0 saturated carbocycles. The molecule has 4 aromatic heterocycles. The van der Waals surface area contributed by atoms with Gasteiger partial charge in [-0.05, 0) is 59.7 Å². The smallest absolute Gasteiger partial charge is 0.308 e. The summed E-state index contributed by atoms with van der Waals surface area (Å²) in [6.07, 6.45) is -4.62. The molecule has 10 aromatic carbocycles. The molecule has 0 bridgehead atoms. The number of benzene rings is 10. The Kier molecular flexibility index (Phi) is 11.5. The molecule has 0 N–H and O–H groups in total. The average Bonchev–Trinajstić information content (AvgIpc) is 4.14. The van der Waals surface area contributed by atoms with Gasteiger partial charge >= 0.3 is 6.18 Å². The lowest BCUT2D eigenvalue weighted by Gasteiger charge is -2.19. The number of nitrogens with zero attached hydrogens (tertiary/aromatic N) is 9. The van der Waals surface area contributed by atoms with Crippen molar-refractivity contribution < 1.29 is 13.2 Å². The van der Waals surface area contributed by atoms with Gasteiger partial charge in [-0.2, -0.15) is 18.4 Å². The Hall–Kier alpha value is -10.9. The van der Waals surface area contributed by atoms with Gasteiger partial charge in [0.25, 0.3) is 0 Å². The Bertz CT molecular complexity index is 4380. The third kappa shape index (κ3) is 8.37. The van der Waals surface area contributed by atoms with Crippen molar-refractivity contribution in [3.8, 4) is 96.9 Å². The maximum Gasteiger partial charge on any atom is 0.416 e. The first kappa shape index (κ1) is 47.5. The zero-order valence-corrected chi connectivity index (χ0v) is 42.3. The van der Waals surface area contributed by atoms with Gasteiger partial charge in [0.2, 0.25) is 0 Å². The summed E-state index contributed by atoms with van der Waals surface area (Å²) in [4.78, 5) is 30.1. The van der Waals surface area contributed by atoms with E-state index in [0.29, 0.717) is 68.6 Å². The summed E-state index contributed by atoms with van der Waals surface area (Å²) in [5, 5.41) is 15.4. The molecular weight excluding hydrogens is 1000 g/mol. The predicted octanol–water partition coefficient (Wildman–Crippen LogP) is 16.8. The SMILES string of the molecule is N#Cc1c(-n2c3ccccc3c3ccc(-c4nc(-c5ccccc5)nc(-c5ccccc5)n4)cc32)cc(-c2cccc(C(F)(F)F)c2)cc1-n1c2ccccc2c2ccc(-c3nc(-c4ccccc4)nc(-c4ccccc4)n3)cc21. The van der Waals surface area contributed by atoms with E-state index in [2.05, 4.69) is 6.07 Å². The lowest BCUT2D eigenvalue weighted by molar-refractivity contribution is -0.137. The second-order valence-electron chi connectivity index (χ2n) is 19.3. The summed E-state index contributed by atoms with van der Waals surface area (Å²) in [5.74, 6) is 2.86. The van der Waals surface area contributed by atoms with Crippen LogP contribution < -0.4 is 0 Å². The molecule has 0 aliphatic rings. The highest BCUT2D eigenvalue weighted by Gasteiger charge is 2.31. The zero-order valence-electron chi connectivity index (χ0n) is 42.3. The van der Waals surface area contributed by atoms with Gasteiger partial charge in [-0.1, -0.05) is 194 Å². The molecule has 378 valence electrons. The van der Waals surface area contributed by atoms with Crippen molar-refractivity contribution in [2.75, 3.05) is 0 Å². The topological polar surface area (TPSA) is 111 Å². The van der Waals surface area contributed by atoms with E-state index in [4.69, 9.17) is 29.9 Å². The average molecular weight is 1040 g/mol. The Balaban J connectivity index is 1.04. The first-order valence-corrected chi connectivity index (χ1v) is 25.8. The highest BCUT2D eigenvalue weighted by Crippen LogP contribution is 2.43. The van der Waals surface area contributed by atoms with Crippen molar-refractivity contribution in [1.82, 2.24) is 39.0 Å². The van der Waals surface area contributed by atoms with Gasteiger partial charge in [0.05, 0.1) is 39.0 Å². The van der Waals surface area contributed by atoms with Crippen LogP contribution in [0.3, 0.4) is 0 Å². The molecule has 9 nitrogen and oxygen atoms in total. The molecule has 0 saturated heterocycles. The number of hydrogen-bond donors (Lipinski definition) is 0. The fourth-order valence-electron chi connectivity index (χ4n) is 10.7. The maximum atomic E-state index is 14.7. The molecule has 0 aliphatic carbocycles. The van der Waals surface area contributed by atoms with E-state index in [0.717, 1.165) is 78.0 Å². The van der Waals surface area contributed by atoms with E-state index >= 15 is 0 Å². The molecule has 4 heterocycles. The summed E-state index contributed by atoms with van der Waals surface area (Å²) in [6.45, 7) is 0. The van der Waals surface area contributed by atoms with Gasteiger partial charge in [-0.15, -0.1) is 0 Å². The Morgan fingerprint density at radius 3 is 1.01 bits per heavy atom. The third-order valence-electron chi connectivity index (χ3n) is 14.5. The number of rotatable bonds is 9. The lowest BCUT2D eigenvalue weighted by atomic mass is 9.98. The predicted molar refractivity (Wildman–Crippen MR) is 310 cm³/mol. The fraction of sp³-hybridized carbons (Fsp3) is 0.0147. The van der Waals surface area contributed by atoms with Crippen LogP contribution in [0.15, 0.2) is 243 Å². The summed E-state index contributed by atoms with van der Waals surface area (Å²) < 4.78 is 48.1. The van der Waals surface area contributed by atoms with Gasteiger partial charge in [-0.3, -0.25) is 0 Å². The van der Waals surface area contributed by atoms with Gasteiger partial charge < -0.3 is 9.13 Å². The van der Waals surface area contributed by atoms with Gasteiger partial charge in [-0.25, -0.2) is 29.9 Å². The van der Waals surface area contributed by atoms with Gasteiger partial charge in [0.1, 0.15) is 11.6 Å². The van der Waals surface area contributed by atoms with E-state index in [1.165, 1.54) is 6.07 Å². The van der Waals surface area contributed by atoms with Crippen molar-refractivity contribution in [3.63, 3.8) is 0 Å². The number of fused-ring (bicyclic) bond motifs is 6. The van der Waals surface area contributed by atoms with E-state index in [9.17, 15) is 18.4 Å². The second kappa shape index (κ2) is 19.3. The van der Waals surface area contributed by atoms with Gasteiger partial charge in [0, 0.05) is 54.9 Å². The molecule has 0 spiro atoms. The molecule has 0 amide bonds. The maximum absolute atomic E-state index is 14.7. The van der Waals surface area contributed by atoms with Crippen LogP contribution in [0.5, 0.6) is 0 Å². The standard InChI is InChI=1S/C68H40F3N9/c69-68(70,71)50-27-17-26-46(36-50)49-39-60(79-56-30-15-13-28-51(56)53-34-32-47(37-58(53)79)66-75-62(42-18-5-1-6-19-42)73-63(76-66)43-20-7-2-8-21-43)55(41-72)61(40-49)80-57-31-16-14-29-52(57)54-35-33-48(38-59(54)80)67-77-64(44-22-9-3-10-23-44)74-65(78-67)45-24-11-4-12-25-45/h1-40H. The van der Waals surface area contributed by atoms with Crippen molar-refractivity contribution in [1.29, 1.82) is 5.26 Å². The van der Waals surface area contributed by atoms with Crippen molar-refractivity contribution >= 4 is 43.6 Å². The van der Waals surface area contributed by atoms with Crippen LogP contribution >= 0.6 is 0 Å². The summed E-state index contributed by atoms with van der Waals surface area (Å²) >= 11 is 0. The number of para-hydroxylation sites is 2. The number of alkyl halides is 3. The Labute approximate surface area is 455 Å². The highest BCUT2D eigenvalue weighted by atomic mass is 19.4. The van der Waals surface area contributed by atoms with Crippen LogP contribution in [-0.4, -0.2) is 39.0 Å². The second-order valence-corrected chi connectivity index (χ2v) is 19.3. The number of halogens is 3. The van der Waals surface area contributed by atoms with Crippen LogP contribution in [0.4, 0.5) is 13.2 Å². The lowest BCUT2D eigenvalue weighted by Crippen LogP contribution is -2.06. The van der Waals surface area contributed by atoms with Crippen LogP contribution in [0.25, 0.3) is 134 Å². The minimum Gasteiger partial charge on any atom is -0.308 e. The normalized spacial score (nSPS) is 11.7. The minimum absolute atomic E-state index is 0.276. The van der Waals surface area contributed by atoms with Crippen LogP contribution in [0, 0.1) is 11.3 Å². The van der Waals surface area contributed by atoms with E-state index < -0.39 is 11.7 Å². The molecule has 80 heavy (non-hydrogen) atoms. The molecular formula is C68H40F3N9. The van der Waals surface area contributed by atoms with Gasteiger partial charge in [0.15, 0.2) is 34.9 Å². The van der Waals surface area contributed by atoms with E-state index in [-0.39, 0.29) is 5.56 Å². The monoisotopic (exact) mass is 1040 g/mol. The quantitative estimate of drug-likeness (QED) is 0.142. The zero-order chi connectivity index (χ0) is 53.9. The van der Waals surface area contributed by atoms with Crippen LogP contribution in [-0.2, 0) is 6.18 Å².